The zero-order chi connectivity index (χ0) is 25.6. The van der Waals surface area contributed by atoms with Gasteiger partial charge in [0, 0.05) is 11.3 Å². The number of hydrogen-bond donors (Lipinski definition) is 1. The van der Waals surface area contributed by atoms with Gasteiger partial charge in [0.1, 0.15) is 5.82 Å². The molecule has 0 bridgehead atoms. The number of amidine groups is 2. The number of rotatable bonds is 3. The van der Waals surface area contributed by atoms with Crippen LogP contribution in [0.3, 0.4) is 0 Å². The number of halogens is 1. The highest BCUT2D eigenvalue weighted by molar-refractivity contribution is 6.51. The molecule has 0 spiro atoms. The molecule has 6 nitrogen and oxygen atoms in total. The lowest BCUT2D eigenvalue weighted by molar-refractivity contribution is 0.628. The Morgan fingerprint density at radius 1 is 0.763 bits per heavy atom. The second-order valence-electron chi connectivity index (χ2n) is 9.27. The van der Waals surface area contributed by atoms with E-state index in [0.29, 0.717) is 11.7 Å². The van der Waals surface area contributed by atoms with E-state index in [1.165, 1.54) is 12.1 Å². The van der Waals surface area contributed by atoms with Crippen molar-refractivity contribution in [3.63, 3.8) is 0 Å². The van der Waals surface area contributed by atoms with Crippen LogP contribution in [0.1, 0.15) is 22.9 Å². The first-order valence-corrected chi connectivity index (χ1v) is 12.5. The molecule has 1 atom stereocenters. The molecule has 184 valence electrons. The maximum atomic E-state index is 13.6. The Hall–Kier alpha value is -5.04. The van der Waals surface area contributed by atoms with Crippen LogP contribution in [0.25, 0.3) is 5.69 Å². The largest absolute Gasteiger partial charge is 0.337 e. The highest BCUT2D eigenvalue weighted by Crippen LogP contribution is 2.48. The van der Waals surface area contributed by atoms with Crippen molar-refractivity contribution < 1.29 is 4.39 Å². The average molecular weight is 499 g/mol. The van der Waals surface area contributed by atoms with Gasteiger partial charge in [0.25, 0.3) is 0 Å². The third-order valence-corrected chi connectivity index (χ3v) is 6.86. The fraction of sp³-hybridized carbons (Fsp3) is 0.0645. The Labute approximate surface area is 219 Å². The molecule has 1 aromatic heterocycles. The molecule has 1 N–H and O–H groups in total. The highest BCUT2D eigenvalue weighted by Gasteiger charge is 2.41. The molecule has 3 heterocycles. The number of aliphatic imine (C=N–C) groups is 2. The summed E-state index contributed by atoms with van der Waals surface area (Å²) < 4.78 is 15.5. The molecule has 2 aliphatic heterocycles. The second kappa shape index (κ2) is 8.81. The number of nitrogens with one attached hydrogen (secondary N) is 1. The van der Waals surface area contributed by atoms with Crippen LogP contribution in [0.15, 0.2) is 119 Å². The summed E-state index contributed by atoms with van der Waals surface area (Å²) in [4.78, 5) is 12.4. The molecule has 0 unspecified atom stereocenters. The normalized spacial score (nSPS) is 15.6. The molecule has 5 aromatic rings. The van der Waals surface area contributed by atoms with Crippen LogP contribution in [0.5, 0.6) is 0 Å². The molecule has 0 radical (unpaired) electrons. The van der Waals surface area contributed by atoms with E-state index in [-0.39, 0.29) is 11.9 Å². The van der Waals surface area contributed by atoms with Crippen molar-refractivity contribution in [1.29, 1.82) is 0 Å². The summed E-state index contributed by atoms with van der Waals surface area (Å²) in [5.74, 6) is 1.73. The van der Waals surface area contributed by atoms with E-state index in [1.54, 1.807) is 12.1 Å². The Morgan fingerprint density at radius 3 is 2.21 bits per heavy atom. The van der Waals surface area contributed by atoms with Crippen molar-refractivity contribution in [1.82, 2.24) is 9.78 Å². The summed E-state index contributed by atoms with van der Waals surface area (Å²) in [5, 5.41) is 8.35. The molecule has 0 fully saturated rings. The Morgan fingerprint density at radius 2 is 1.45 bits per heavy atom. The standard InChI is InChI=1S/C31H23FN6/c1-20-27-28(21-10-4-2-5-11-21)37-26-15-9-8-14-25(26)34-29(33-23-18-16-22(32)17-19-23)31(37)35-30(27)38(36-20)24-12-6-3-7-13-24/h2-19,28H,1H3,(H,33,34)/t28-/m1/s1. The molecule has 0 saturated heterocycles. The van der Waals surface area contributed by atoms with Gasteiger partial charge < -0.3 is 10.2 Å². The molecule has 2 aliphatic rings. The van der Waals surface area contributed by atoms with Crippen molar-refractivity contribution in [2.75, 3.05) is 10.2 Å². The monoisotopic (exact) mass is 498 g/mol. The molecule has 7 heteroatoms. The molecular formula is C31H23FN6. The summed E-state index contributed by atoms with van der Waals surface area (Å²) in [7, 11) is 0. The van der Waals surface area contributed by atoms with Crippen molar-refractivity contribution in [2.45, 2.75) is 13.0 Å². The summed E-state index contributed by atoms with van der Waals surface area (Å²) in [6.45, 7) is 2.04. The number of fused-ring (bicyclic) bond motifs is 4. The third-order valence-electron chi connectivity index (χ3n) is 6.86. The van der Waals surface area contributed by atoms with Crippen LogP contribution in [-0.2, 0) is 0 Å². The maximum Gasteiger partial charge on any atom is 0.179 e. The second-order valence-corrected chi connectivity index (χ2v) is 9.27. The van der Waals surface area contributed by atoms with Crippen LogP contribution in [0.2, 0.25) is 0 Å². The van der Waals surface area contributed by atoms with Gasteiger partial charge in [0.15, 0.2) is 17.5 Å². The van der Waals surface area contributed by atoms with Gasteiger partial charge in [-0.25, -0.2) is 19.1 Å². The maximum absolute atomic E-state index is 13.6. The van der Waals surface area contributed by atoms with Gasteiger partial charge in [-0.2, -0.15) is 5.10 Å². The fourth-order valence-electron chi connectivity index (χ4n) is 5.17. The lowest BCUT2D eigenvalue weighted by Gasteiger charge is -2.40. The average Bonchev–Trinajstić information content (AvgIpc) is 3.30. The summed E-state index contributed by atoms with van der Waals surface area (Å²) in [6.07, 6.45) is 0. The fourth-order valence-corrected chi connectivity index (χ4v) is 5.17. The molecule has 7 rings (SSSR count). The van der Waals surface area contributed by atoms with E-state index in [4.69, 9.17) is 15.1 Å². The number of hydrogen-bond acceptors (Lipinski definition) is 5. The van der Waals surface area contributed by atoms with Crippen LogP contribution in [0.4, 0.5) is 27.3 Å². The van der Waals surface area contributed by atoms with E-state index in [9.17, 15) is 4.39 Å². The summed E-state index contributed by atoms with van der Waals surface area (Å²) >= 11 is 0. The first kappa shape index (κ1) is 22.2. The van der Waals surface area contributed by atoms with Gasteiger partial charge in [-0.05, 0) is 61.0 Å². The van der Waals surface area contributed by atoms with Crippen LogP contribution in [-0.4, -0.2) is 21.5 Å². The van der Waals surface area contributed by atoms with Gasteiger partial charge in [0.05, 0.1) is 28.8 Å². The van der Waals surface area contributed by atoms with E-state index < -0.39 is 0 Å². The van der Waals surface area contributed by atoms with Gasteiger partial charge in [-0.1, -0.05) is 60.7 Å². The quantitative estimate of drug-likeness (QED) is 0.288. The molecule has 4 aromatic carbocycles. The van der Waals surface area contributed by atoms with Crippen LogP contribution < -0.4 is 10.2 Å². The molecule has 0 saturated carbocycles. The highest BCUT2D eigenvalue weighted by atomic mass is 19.1. The van der Waals surface area contributed by atoms with Gasteiger partial charge >= 0.3 is 0 Å². The number of aromatic nitrogens is 2. The topological polar surface area (TPSA) is 57.8 Å². The smallest absolute Gasteiger partial charge is 0.179 e. The van der Waals surface area contributed by atoms with Gasteiger partial charge in [-0.15, -0.1) is 0 Å². The van der Waals surface area contributed by atoms with E-state index in [0.717, 1.165) is 45.4 Å². The first-order chi connectivity index (χ1) is 18.7. The first-order valence-electron chi connectivity index (χ1n) is 12.5. The van der Waals surface area contributed by atoms with Crippen molar-refractivity contribution in [3.05, 3.63) is 132 Å². The Kier molecular flexibility index (Phi) is 5.14. The van der Waals surface area contributed by atoms with Crippen molar-refractivity contribution in [3.8, 4) is 5.69 Å². The number of aryl methyl sites for hydroxylation is 1. The van der Waals surface area contributed by atoms with Crippen LogP contribution in [0, 0.1) is 12.7 Å². The van der Waals surface area contributed by atoms with Crippen molar-refractivity contribution >= 4 is 34.6 Å². The number of para-hydroxylation sites is 3. The van der Waals surface area contributed by atoms with Gasteiger partial charge in [-0.3, -0.25) is 0 Å². The molecule has 38 heavy (non-hydrogen) atoms. The minimum atomic E-state index is -0.292. The zero-order valence-electron chi connectivity index (χ0n) is 20.6. The van der Waals surface area contributed by atoms with E-state index in [1.807, 2.05) is 66.2 Å². The number of anilines is 2. The van der Waals surface area contributed by atoms with E-state index >= 15 is 0 Å². The lowest BCUT2D eigenvalue weighted by atomic mass is 9.93. The Balaban J connectivity index is 1.49. The molecule has 0 amide bonds. The molecule has 0 aliphatic carbocycles. The molecular weight excluding hydrogens is 475 g/mol. The third kappa shape index (κ3) is 3.59. The number of nitrogens with zero attached hydrogens (tertiary/aromatic N) is 5. The minimum Gasteiger partial charge on any atom is -0.337 e. The number of benzene rings is 4. The summed E-state index contributed by atoms with van der Waals surface area (Å²) in [5.41, 5.74) is 6.52. The zero-order valence-corrected chi connectivity index (χ0v) is 20.6. The van der Waals surface area contributed by atoms with Gasteiger partial charge in [0.2, 0.25) is 0 Å². The van der Waals surface area contributed by atoms with Crippen molar-refractivity contribution in [2.24, 2.45) is 9.98 Å². The Bertz CT molecular complexity index is 1710. The van der Waals surface area contributed by atoms with E-state index in [2.05, 4.69) is 40.5 Å². The SMILES string of the molecule is Cc1nn(-c2ccccc2)c2c1[C@@H](c1ccccc1)N1C(=N2)C(Nc2ccc(F)cc2)=Nc2ccccc21. The van der Waals surface area contributed by atoms with Crippen LogP contribution >= 0.6 is 0 Å². The predicted octanol–water partition coefficient (Wildman–Crippen LogP) is 7.12. The summed E-state index contributed by atoms with van der Waals surface area (Å²) in [6, 6.07) is 34.6. The predicted molar refractivity (Wildman–Crippen MR) is 150 cm³/mol. The lowest BCUT2D eigenvalue weighted by Crippen LogP contribution is -2.46. The minimum absolute atomic E-state index is 0.183.